The molecule has 252 valence electrons. The molecule has 14 heteroatoms. The van der Waals surface area contributed by atoms with Gasteiger partial charge in [0.2, 0.25) is 5.28 Å². The van der Waals surface area contributed by atoms with Crippen LogP contribution < -0.4 is 10.2 Å². The number of fused-ring (bicyclic) bond motifs is 1. The van der Waals surface area contributed by atoms with E-state index in [0.29, 0.717) is 42.2 Å². The Hall–Kier alpha value is -5.04. The molecule has 0 saturated heterocycles. The van der Waals surface area contributed by atoms with Gasteiger partial charge in [-0.2, -0.15) is 25.1 Å². The first-order valence-electron chi connectivity index (χ1n) is 15.5. The molecule has 48 heavy (non-hydrogen) atoms. The Morgan fingerprint density at radius 2 is 1.50 bits per heavy atom. The number of pyridine rings is 1. The van der Waals surface area contributed by atoms with Gasteiger partial charge in [-0.15, -0.1) is 0 Å². The van der Waals surface area contributed by atoms with E-state index in [1.807, 2.05) is 30.1 Å². The van der Waals surface area contributed by atoms with Gasteiger partial charge in [0.15, 0.2) is 5.65 Å². The van der Waals surface area contributed by atoms with E-state index in [4.69, 9.17) is 21.1 Å². The fraction of sp³-hybridized carbons (Fsp3) is 0.382. The fourth-order valence-electron chi connectivity index (χ4n) is 4.93. The van der Waals surface area contributed by atoms with E-state index in [1.165, 1.54) is 0 Å². The minimum absolute atomic E-state index is 0.0607. The number of anilines is 2. The quantitative estimate of drug-likeness (QED) is 0.170. The van der Waals surface area contributed by atoms with E-state index in [0.717, 1.165) is 27.2 Å². The molecule has 13 nitrogen and oxygen atoms in total. The highest BCUT2D eigenvalue weighted by molar-refractivity contribution is 6.28. The molecule has 0 fully saturated rings. The molecule has 0 bridgehead atoms. The maximum atomic E-state index is 13.2. The third-order valence-electron chi connectivity index (χ3n) is 7.03. The molecule has 0 unspecified atom stereocenters. The molecule has 5 rings (SSSR count). The summed E-state index contributed by atoms with van der Waals surface area (Å²) in [6.07, 6.45) is 3.82. The molecule has 4 aromatic heterocycles. The number of rotatable bonds is 8. The number of hydrogen-bond donors (Lipinski definition) is 1. The van der Waals surface area contributed by atoms with Crippen LogP contribution in [0.4, 0.5) is 21.2 Å². The number of ether oxygens (including phenoxy) is 2. The zero-order valence-corrected chi connectivity index (χ0v) is 29.2. The van der Waals surface area contributed by atoms with Crippen molar-refractivity contribution in [3.63, 3.8) is 0 Å². The smallest absolute Gasteiger partial charge is 0.425 e. The lowest BCUT2D eigenvalue weighted by atomic mass is 10.1. The first-order chi connectivity index (χ1) is 22.5. The van der Waals surface area contributed by atoms with Crippen LogP contribution in [-0.4, -0.2) is 57.9 Å². The molecule has 0 aliphatic heterocycles. The second-order valence-electron chi connectivity index (χ2n) is 13.4. The summed E-state index contributed by atoms with van der Waals surface area (Å²) in [6, 6.07) is 11.8. The highest BCUT2D eigenvalue weighted by Gasteiger charge is 2.34. The predicted octanol–water partition coefficient (Wildman–Crippen LogP) is 7.07. The van der Waals surface area contributed by atoms with Gasteiger partial charge in [0.05, 0.1) is 18.5 Å². The minimum atomic E-state index is -0.880. The van der Waals surface area contributed by atoms with Crippen molar-refractivity contribution < 1.29 is 19.1 Å². The van der Waals surface area contributed by atoms with Gasteiger partial charge in [-0.05, 0) is 101 Å². The molecular weight excluding hydrogens is 634 g/mol. The summed E-state index contributed by atoms with van der Waals surface area (Å²) in [6.45, 7) is 15.6. The number of amides is 2. The molecule has 0 spiro atoms. The van der Waals surface area contributed by atoms with Gasteiger partial charge in [0, 0.05) is 30.8 Å². The first-order valence-corrected chi connectivity index (χ1v) is 15.9. The van der Waals surface area contributed by atoms with E-state index >= 15 is 0 Å². The molecule has 0 atom stereocenters. The van der Waals surface area contributed by atoms with Crippen LogP contribution in [0.5, 0.6) is 0 Å². The van der Waals surface area contributed by atoms with Crippen LogP contribution in [0, 0.1) is 13.8 Å². The number of aryl methyl sites for hydroxylation is 2. The van der Waals surface area contributed by atoms with E-state index in [-0.39, 0.29) is 11.1 Å². The molecule has 1 N–H and O–H groups in total. The molecule has 0 saturated carbocycles. The molecular formula is C34H40ClN9O4. The van der Waals surface area contributed by atoms with E-state index in [2.05, 4.69) is 54.7 Å². The van der Waals surface area contributed by atoms with E-state index in [1.54, 1.807) is 65.4 Å². The maximum absolute atomic E-state index is 13.2. The molecule has 0 aliphatic rings. The van der Waals surface area contributed by atoms with Crippen LogP contribution in [0.25, 0.3) is 11.0 Å². The van der Waals surface area contributed by atoms with Gasteiger partial charge >= 0.3 is 12.2 Å². The molecule has 1 aromatic carbocycles. The number of hydrogen-bond acceptors (Lipinski definition) is 10. The molecule has 0 radical (unpaired) electrons. The van der Waals surface area contributed by atoms with Crippen molar-refractivity contribution in [3.8, 4) is 0 Å². The van der Waals surface area contributed by atoms with Gasteiger partial charge < -0.3 is 14.8 Å². The number of halogens is 1. The fourth-order valence-corrected chi connectivity index (χ4v) is 5.09. The minimum Gasteiger partial charge on any atom is -0.443 e. The predicted molar refractivity (Wildman–Crippen MR) is 183 cm³/mol. The SMILES string of the molecule is Cc1cc(N(C(=O)OC(C)(C)C)C(=O)OC(C)(C)C)nc(C)c1CNc1nc(Cl)nc2nn(Cc3ccc(Cn4cccn4)cc3)cc12. The van der Waals surface area contributed by atoms with Gasteiger partial charge in [-0.25, -0.2) is 14.6 Å². The number of aromatic nitrogens is 7. The van der Waals surface area contributed by atoms with Crippen LogP contribution >= 0.6 is 11.6 Å². The molecule has 4 heterocycles. The second-order valence-corrected chi connectivity index (χ2v) is 13.8. The lowest BCUT2D eigenvalue weighted by Crippen LogP contribution is -2.44. The van der Waals surface area contributed by atoms with Crippen molar-refractivity contribution in [2.45, 2.75) is 86.2 Å². The topological polar surface area (TPSA) is 142 Å². The number of carbonyl (C=O) groups excluding carboxylic acids is 2. The van der Waals surface area contributed by atoms with Crippen LogP contribution in [-0.2, 0) is 29.1 Å². The van der Waals surface area contributed by atoms with Crippen LogP contribution in [0.3, 0.4) is 0 Å². The van der Waals surface area contributed by atoms with Crippen molar-refractivity contribution in [2.24, 2.45) is 0 Å². The van der Waals surface area contributed by atoms with Crippen LogP contribution in [0.1, 0.15) is 69.5 Å². The zero-order valence-electron chi connectivity index (χ0n) is 28.4. The number of benzene rings is 1. The van der Waals surface area contributed by atoms with Gasteiger partial charge in [0.25, 0.3) is 0 Å². The molecule has 2 amide bonds. The van der Waals surface area contributed by atoms with Gasteiger partial charge in [0.1, 0.15) is 22.8 Å². The Kier molecular flexibility index (Phi) is 9.71. The lowest BCUT2D eigenvalue weighted by molar-refractivity contribution is 0.0429. The van der Waals surface area contributed by atoms with Crippen molar-refractivity contribution >= 4 is 46.5 Å². The standard InChI is InChI=1S/C34H40ClN9O4/c1-21-16-27(44(31(45)47-33(3,4)5)32(46)48-34(6,7)8)38-22(2)25(21)17-36-28-26-20-43(41-29(26)40-30(35)39-28)19-24-12-10-23(11-13-24)18-42-15-9-14-37-42/h9-16,20H,17-19H2,1-8H3,(H,36,39,40,41). The average Bonchev–Trinajstić information content (AvgIpc) is 3.61. The number of carbonyl (C=O) groups is 2. The largest absolute Gasteiger partial charge is 0.443 e. The summed E-state index contributed by atoms with van der Waals surface area (Å²) in [4.78, 5) is 40.5. The zero-order chi connectivity index (χ0) is 34.8. The van der Waals surface area contributed by atoms with Crippen molar-refractivity contribution in [3.05, 3.63) is 88.2 Å². The summed E-state index contributed by atoms with van der Waals surface area (Å²) in [5.41, 5.74) is 3.22. The Labute approximate surface area is 284 Å². The second kappa shape index (κ2) is 13.6. The van der Waals surface area contributed by atoms with E-state index in [9.17, 15) is 9.59 Å². The summed E-state index contributed by atoms with van der Waals surface area (Å²) in [7, 11) is 0. The van der Waals surface area contributed by atoms with Gasteiger partial charge in [-0.1, -0.05) is 24.3 Å². The van der Waals surface area contributed by atoms with Gasteiger partial charge in [-0.3, -0.25) is 9.36 Å². The number of imide groups is 1. The monoisotopic (exact) mass is 673 g/mol. The first kappa shape index (κ1) is 34.3. The van der Waals surface area contributed by atoms with Crippen LogP contribution in [0.2, 0.25) is 5.28 Å². The normalized spacial score (nSPS) is 11.9. The highest BCUT2D eigenvalue weighted by Crippen LogP contribution is 2.27. The van der Waals surface area contributed by atoms with Crippen molar-refractivity contribution in [1.29, 1.82) is 0 Å². The van der Waals surface area contributed by atoms with Crippen molar-refractivity contribution in [1.82, 2.24) is 34.5 Å². The highest BCUT2D eigenvalue weighted by atomic mass is 35.5. The maximum Gasteiger partial charge on any atom is 0.425 e. The summed E-state index contributed by atoms with van der Waals surface area (Å²) in [5.74, 6) is 0.609. The number of nitrogens with one attached hydrogen (secondary N) is 1. The van der Waals surface area contributed by atoms with E-state index < -0.39 is 23.4 Å². The Morgan fingerprint density at radius 1 is 0.896 bits per heavy atom. The number of nitrogens with zero attached hydrogens (tertiary/aromatic N) is 8. The van der Waals surface area contributed by atoms with Crippen molar-refractivity contribution in [2.75, 3.05) is 10.2 Å². The third-order valence-corrected chi connectivity index (χ3v) is 7.19. The third kappa shape index (κ3) is 8.65. The van der Waals surface area contributed by atoms with Crippen LogP contribution in [0.15, 0.2) is 55.0 Å². The Bertz CT molecular complexity index is 1870. The summed E-state index contributed by atoms with van der Waals surface area (Å²) in [5, 5.41) is 13.0. The Balaban J connectivity index is 1.35. The Morgan fingerprint density at radius 3 is 2.04 bits per heavy atom. The lowest BCUT2D eigenvalue weighted by Gasteiger charge is -2.28. The summed E-state index contributed by atoms with van der Waals surface area (Å²) >= 11 is 6.30. The summed E-state index contributed by atoms with van der Waals surface area (Å²) < 4.78 is 14.7. The average molecular weight is 674 g/mol. The molecule has 5 aromatic rings. The molecule has 0 aliphatic carbocycles.